The number of ether oxygens (including phenoxy) is 2. The Labute approximate surface area is 224 Å². The Hall–Kier alpha value is -3.04. The third kappa shape index (κ3) is 5.52. The van der Waals surface area contributed by atoms with Crippen LogP contribution in [0.3, 0.4) is 0 Å². The van der Waals surface area contributed by atoms with Gasteiger partial charge in [0, 0.05) is 15.6 Å². The number of thioether (sulfide) groups is 1. The van der Waals surface area contributed by atoms with Crippen molar-refractivity contribution >= 4 is 69.8 Å². The zero-order chi connectivity index (χ0) is 26.0. The second kappa shape index (κ2) is 10.9. The fourth-order valence-corrected chi connectivity index (χ4v) is 4.84. The summed E-state index contributed by atoms with van der Waals surface area (Å²) in [5, 5.41) is 0.0751. The van der Waals surface area contributed by atoms with Crippen molar-refractivity contribution in [1.82, 2.24) is 4.90 Å². The largest absolute Gasteiger partial charge is 0.493 e. The van der Waals surface area contributed by atoms with Gasteiger partial charge in [-0.1, -0.05) is 46.9 Å². The number of hydrogen-bond donors (Lipinski definition) is 0. The van der Waals surface area contributed by atoms with Gasteiger partial charge in [-0.15, -0.1) is 0 Å². The molecule has 1 saturated heterocycles. The Morgan fingerprint density at radius 2 is 1.81 bits per heavy atom. The summed E-state index contributed by atoms with van der Waals surface area (Å²) in [4.78, 5) is 38.9. The topological polar surface area (TPSA) is 72.9 Å². The molecule has 11 heteroatoms. The standard InChI is InChI=1S/C25H15Cl3FNO5S/c1-34-21-9-13(5-8-20(21)35-24(32)15-7-6-14(26)11-18(15)28)10-22-23(31)30(25(33)36-22)12-16-17(27)3-2-4-19(16)29/h2-11H,12H2,1H3/b22-10-. The molecule has 0 radical (unpaired) electrons. The number of esters is 1. The summed E-state index contributed by atoms with van der Waals surface area (Å²) in [7, 11) is 1.39. The Kier molecular flexibility index (Phi) is 7.90. The van der Waals surface area contributed by atoms with Crippen molar-refractivity contribution in [3.63, 3.8) is 0 Å². The van der Waals surface area contributed by atoms with Crippen molar-refractivity contribution in [2.24, 2.45) is 0 Å². The van der Waals surface area contributed by atoms with Gasteiger partial charge >= 0.3 is 5.97 Å². The van der Waals surface area contributed by atoms with Crippen LogP contribution in [0.15, 0.2) is 59.5 Å². The minimum Gasteiger partial charge on any atom is -0.493 e. The first-order valence-corrected chi connectivity index (χ1v) is 12.2. The van der Waals surface area contributed by atoms with Crippen molar-refractivity contribution < 1.29 is 28.2 Å². The summed E-state index contributed by atoms with van der Waals surface area (Å²) in [6.45, 7) is -0.293. The molecule has 0 unspecified atom stereocenters. The van der Waals surface area contributed by atoms with Crippen molar-refractivity contribution in [3.8, 4) is 11.5 Å². The number of rotatable bonds is 6. The molecule has 1 heterocycles. The van der Waals surface area contributed by atoms with Crippen LogP contribution in [0, 0.1) is 5.82 Å². The van der Waals surface area contributed by atoms with Crippen molar-refractivity contribution in [2.45, 2.75) is 6.54 Å². The van der Waals surface area contributed by atoms with E-state index in [2.05, 4.69) is 0 Å². The maximum atomic E-state index is 14.1. The maximum absolute atomic E-state index is 14.1. The Morgan fingerprint density at radius 1 is 1.03 bits per heavy atom. The fraction of sp³-hybridized carbons (Fsp3) is 0.0800. The van der Waals surface area contributed by atoms with E-state index in [-0.39, 0.29) is 44.1 Å². The SMILES string of the molecule is COc1cc(/C=C2\SC(=O)N(Cc3c(F)cccc3Cl)C2=O)ccc1OC(=O)c1ccc(Cl)cc1Cl. The molecule has 3 aromatic carbocycles. The van der Waals surface area contributed by atoms with E-state index in [9.17, 15) is 18.8 Å². The Balaban J connectivity index is 1.54. The zero-order valence-corrected chi connectivity index (χ0v) is 21.5. The van der Waals surface area contributed by atoms with E-state index in [0.29, 0.717) is 10.6 Å². The highest BCUT2D eigenvalue weighted by Gasteiger charge is 2.36. The average molecular weight is 567 g/mol. The van der Waals surface area contributed by atoms with Gasteiger partial charge in [-0.3, -0.25) is 14.5 Å². The summed E-state index contributed by atoms with van der Waals surface area (Å²) < 4.78 is 24.9. The molecule has 0 bridgehead atoms. The van der Waals surface area contributed by atoms with Crippen molar-refractivity contribution in [1.29, 1.82) is 0 Å². The zero-order valence-electron chi connectivity index (χ0n) is 18.4. The average Bonchev–Trinajstić information content (AvgIpc) is 3.09. The van der Waals surface area contributed by atoms with Gasteiger partial charge in [0.15, 0.2) is 11.5 Å². The second-order valence-electron chi connectivity index (χ2n) is 7.39. The fourth-order valence-electron chi connectivity index (χ4n) is 3.30. The van der Waals surface area contributed by atoms with Gasteiger partial charge in [-0.2, -0.15) is 0 Å². The van der Waals surface area contributed by atoms with Gasteiger partial charge < -0.3 is 9.47 Å². The van der Waals surface area contributed by atoms with E-state index in [0.717, 1.165) is 16.7 Å². The van der Waals surface area contributed by atoms with E-state index in [1.54, 1.807) is 6.07 Å². The molecule has 1 fully saturated rings. The van der Waals surface area contributed by atoms with Crippen LogP contribution >= 0.6 is 46.6 Å². The van der Waals surface area contributed by atoms with Crippen molar-refractivity contribution in [3.05, 3.63) is 97.1 Å². The van der Waals surface area contributed by atoms with Crippen molar-refractivity contribution in [2.75, 3.05) is 7.11 Å². The lowest BCUT2D eigenvalue weighted by Gasteiger charge is -2.14. The smallest absolute Gasteiger partial charge is 0.345 e. The third-order valence-corrected chi connectivity index (χ3v) is 6.90. The van der Waals surface area contributed by atoms with Crippen LogP contribution in [0.2, 0.25) is 15.1 Å². The molecule has 0 saturated carbocycles. The highest BCUT2D eigenvalue weighted by Crippen LogP contribution is 2.36. The summed E-state index contributed by atoms with van der Waals surface area (Å²) in [6, 6.07) is 13.1. The summed E-state index contributed by atoms with van der Waals surface area (Å²) in [5.41, 5.74) is 0.678. The normalized spacial score (nSPS) is 14.5. The monoisotopic (exact) mass is 565 g/mol. The molecule has 0 aliphatic carbocycles. The lowest BCUT2D eigenvalue weighted by Crippen LogP contribution is -2.28. The molecule has 0 aromatic heterocycles. The molecule has 3 aromatic rings. The summed E-state index contributed by atoms with van der Waals surface area (Å²) >= 11 is 18.7. The first kappa shape index (κ1) is 26.0. The molecule has 4 rings (SSSR count). The van der Waals surface area contributed by atoms with Gasteiger partial charge in [-0.05, 0) is 65.9 Å². The number of methoxy groups -OCH3 is 1. The summed E-state index contributed by atoms with van der Waals surface area (Å²) in [6.07, 6.45) is 1.48. The number of amides is 2. The molecular formula is C25H15Cl3FNO5S. The van der Waals surface area contributed by atoms with E-state index in [4.69, 9.17) is 44.3 Å². The molecule has 6 nitrogen and oxygen atoms in total. The van der Waals surface area contributed by atoms with Crippen LogP contribution in [-0.4, -0.2) is 29.1 Å². The molecule has 0 spiro atoms. The number of hydrogen-bond acceptors (Lipinski definition) is 6. The number of carbonyl (C=O) groups is 3. The van der Waals surface area contributed by atoms with Crippen LogP contribution in [0.1, 0.15) is 21.5 Å². The van der Waals surface area contributed by atoms with Gasteiger partial charge in [-0.25, -0.2) is 9.18 Å². The summed E-state index contributed by atoms with van der Waals surface area (Å²) in [5.74, 6) is -1.58. The molecule has 36 heavy (non-hydrogen) atoms. The number of carbonyl (C=O) groups excluding carboxylic acids is 3. The molecule has 1 aliphatic rings. The molecular weight excluding hydrogens is 552 g/mol. The lowest BCUT2D eigenvalue weighted by atomic mass is 10.1. The molecule has 0 atom stereocenters. The van der Waals surface area contributed by atoms with Gasteiger partial charge in [0.1, 0.15) is 5.82 Å². The molecule has 184 valence electrons. The minimum atomic E-state index is -0.712. The quantitative estimate of drug-likeness (QED) is 0.178. The van der Waals surface area contributed by atoms with Crippen LogP contribution < -0.4 is 9.47 Å². The molecule has 2 amide bonds. The molecule has 1 aliphatic heterocycles. The lowest BCUT2D eigenvalue weighted by molar-refractivity contribution is -0.123. The van der Waals surface area contributed by atoms with E-state index < -0.39 is 22.9 Å². The highest BCUT2D eigenvalue weighted by atomic mass is 35.5. The van der Waals surface area contributed by atoms with Gasteiger partial charge in [0.25, 0.3) is 11.1 Å². The minimum absolute atomic E-state index is 0.0522. The van der Waals surface area contributed by atoms with E-state index in [1.165, 1.54) is 61.7 Å². The first-order chi connectivity index (χ1) is 17.2. The third-order valence-electron chi connectivity index (χ3n) is 5.09. The maximum Gasteiger partial charge on any atom is 0.345 e. The van der Waals surface area contributed by atoms with Crippen LogP contribution in [-0.2, 0) is 11.3 Å². The van der Waals surface area contributed by atoms with Crippen LogP contribution in [0.25, 0.3) is 6.08 Å². The van der Waals surface area contributed by atoms with Gasteiger partial charge in [0.2, 0.25) is 0 Å². The predicted octanol–water partition coefficient (Wildman–Crippen LogP) is 7.25. The first-order valence-electron chi connectivity index (χ1n) is 10.2. The highest BCUT2D eigenvalue weighted by molar-refractivity contribution is 8.18. The second-order valence-corrected chi connectivity index (χ2v) is 9.64. The van der Waals surface area contributed by atoms with E-state index in [1.807, 2.05) is 0 Å². The molecule has 0 N–H and O–H groups in total. The van der Waals surface area contributed by atoms with Crippen LogP contribution in [0.5, 0.6) is 11.5 Å². The van der Waals surface area contributed by atoms with Gasteiger partial charge in [0.05, 0.1) is 29.1 Å². The number of halogens is 4. The van der Waals surface area contributed by atoms with Crippen LogP contribution in [0.4, 0.5) is 9.18 Å². The number of benzene rings is 3. The number of nitrogens with zero attached hydrogens (tertiary/aromatic N) is 1. The Morgan fingerprint density at radius 3 is 2.50 bits per heavy atom. The Bertz CT molecular complexity index is 1410. The predicted molar refractivity (Wildman–Crippen MR) is 137 cm³/mol. The number of imide groups is 1. The van der Waals surface area contributed by atoms with E-state index >= 15 is 0 Å².